The van der Waals surface area contributed by atoms with E-state index in [1.54, 1.807) is 15.8 Å². The number of aromatic nitrogens is 2. The van der Waals surface area contributed by atoms with E-state index in [2.05, 4.69) is 27.7 Å². The number of hydrogen-bond donors (Lipinski definition) is 0. The Morgan fingerprint density at radius 3 is 2.82 bits per heavy atom. The predicted molar refractivity (Wildman–Crippen MR) is 87.7 cm³/mol. The van der Waals surface area contributed by atoms with E-state index in [9.17, 15) is 13.6 Å². The van der Waals surface area contributed by atoms with Gasteiger partial charge in [0.2, 0.25) is 0 Å². The van der Waals surface area contributed by atoms with Gasteiger partial charge in [-0.2, -0.15) is 5.10 Å². The third-order valence-electron chi connectivity index (χ3n) is 3.59. The number of anilines is 1. The number of amides is 1. The van der Waals surface area contributed by atoms with Crippen LogP contribution in [0.15, 0.2) is 24.4 Å². The van der Waals surface area contributed by atoms with Crippen LogP contribution in [0.3, 0.4) is 0 Å². The fourth-order valence-electron chi connectivity index (χ4n) is 2.51. The van der Waals surface area contributed by atoms with Crippen molar-refractivity contribution < 1.29 is 13.6 Å². The van der Waals surface area contributed by atoms with Crippen molar-refractivity contribution in [3.63, 3.8) is 0 Å². The lowest BCUT2D eigenvalue weighted by atomic mass is 10.1. The molecule has 0 saturated heterocycles. The minimum Gasteiger partial charge on any atom is -0.305 e. The predicted octanol–water partition coefficient (Wildman–Crippen LogP) is 4.30. The van der Waals surface area contributed by atoms with Crippen LogP contribution in [0.1, 0.15) is 35.4 Å². The second kappa shape index (κ2) is 5.77. The quantitative estimate of drug-likeness (QED) is 0.657. The van der Waals surface area contributed by atoms with Crippen molar-refractivity contribution in [1.82, 2.24) is 9.78 Å². The van der Waals surface area contributed by atoms with E-state index in [1.165, 1.54) is 18.2 Å². The number of alkyl halides is 2. The van der Waals surface area contributed by atoms with Gasteiger partial charge < -0.3 is 4.90 Å². The van der Waals surface area contributed by atoms with Crippen LogP contribution in [0.5, 0.6) is 0 Å². The summed E-state index contributed by atoms with van der Waals surface area (Å²) in [4.78, 5) is 14.2. The minimum absolute atomic E-state index is 0.00948. The van der Waals surface area contributed by atoms with E-state index < -0.39 is 6.43 Å². The smallest absolute Gasteiger partial charge is 0.277 e. The summed E-state index contributed by atoms with van der Waals surface area (Å²) in [7, 11) is 0. The molecule has 1 amide bonds. The first-order valence-corrected chi connectivity index (χ1v) is 7.98. The highest BCUT2D eigenvalue weighted by atomic mass is 127. The molecule has 0 aliphatic carbocycles. The largest absolute Gasteiger partial charge is 0.305 e. The maximum absolute atomic E-state index is 12.8. The summed E-state index contributed by atoms with van der Waals surface area (Å²) in [5, 5.41) is 4.17. The van der Waals surface area contributed by atoms with Crippen molar-refractivity contribution >= 4 is 45.8 Å². The van der Waals surface area contributed by atoms with Crippen LogP contribution in [0.25, 0.3) is 0 Å². The number of halogens is 4. The highest BCUT2D eigenvalue weighted by Crippen LogP contribution is 2.33. The van der Waals surface area contributed by atoms with E-state index in [1.807, 2.05) is 6.92 Å². The number of rotatable bonds is 2. The third-order valence-corrected chi connectivity index (χ3v) is 4.71. The average Bonchev–Trinajstić information content (AvgIpc) is 2.85. The van der Waals surface area contributed by atoms with Crippen molar-refractivity contribution in [3.05, 3.63) is 44.2 Å². The van der Waals surface area contributed by atoms with Gasteiger partial charge >= 0.3 is 0 Å². The summed E-state index contributed by atoms with van der Waals surface area (Å²) in [6.45, 7) is 2.36. The molecular weight excluding hydrogens is 427 g/mol. The van der Waals surface area contributed by atoms with E-state index in [0.717, 1.165) is 3.57 Å². The molecule has 2 aromatic rings. The Bertz CT molecular complexity index is 750. The van der Waals surface area contributed by atoms with E-state index in [4.69, 9.17) is 11.6 Å². The van der Waals surface area contributed by atoms with Gasteiger partial charge in [-0.15, -0.1) is 0 Å². The molecule has 0 saturated carbocycles. The molecule has 116 valence electrons. The van der Waals surface area contributed by atoms with Crippen molar-refractivity contribution in [2.24, 2.45) is 0 Å². The van der Waals surface area contributed by atoms with Crippen molar-refractivity contribution in [2.75, 3.05) is 11.4 Å². The summed E-state index contributed by atoms with van der Waals surface area (Å²) in [6.07, 6.45) is -0.999. The zero-order chi connectivity index (χ0) is 16.0. The lowest BCUT2D eigenvalue weighted by Gasteiger charge is -2.32. The maximum atomic E-state index is 12.8. The monoisotopic (exact) mass is 437 g/mol. The topological polar surface area (TPSA) is 38.1 Å². The highest BCUT2D eigenvalue weighted by molar-refractivity contribution is 14.1. The normalized spacial score (nSPS) is 18.0. The Hall–Kier alpha value is -1.22. The Balaban J connectivity index is 2.02. The molecule has 0 spiro atoms. The molecule has 22 heavy (non-hydrogen) atoms. The molecular formula is C14H11ClF2IN3O. The fourth-order valence-corrected chi connectivity index (χ4v) is 3.37. The molecule has 3 rings (SSSR count). The summed E-state index contributed by atoms with van der Waals surface area (Å²) in [6, 6.07) is 4.16. The molecule has 1 aliphatic rings. The van der Waals surface area contributed by atoms with Gasteiger partial charge in [0.25, 0.3) is 12.3 Å². The van der Waals surface area contributed by atoms with Gasteiger partial charge in [0, 0.05) is 17.8 Å². The lowest BCUT2D eigenvalue weighted by Crippen LogP contribution is -2.43. The van der Waals surface area contributed by atoms with Crippen LogP contribution in [0, 0.1) is 3.57 Å². The van der Waals surface area contributed by atoms with E-state index in [-0.39, 0.29) is 22.5 Å². The second-order valence-corrected chi connectivity index (χ2v) is 6.63. The molecule has 1 aromatic carbocycles. The summed E-state index contributed by atoms with van der Waals surface area (Å²) >= 11 is 7.96. The van der Waals surface area contributed by atoms with Crippen LogP contribution in [-0.2, 0) is 0 Å². The molecule has 1 aromatic heterocycles. The lowest BCUT2D eigenvalue weighted by molar-refractivity contribution is 0.0952. The molecule has 1 aliphatic heterocycles. The zero-order valence-corrected chi connectivity index (χ0v) is 14.3. The second-order valence-electron chi connectivity index (χ2n) is 5.06. The van der Waals surface area contributed by atoms with Crippen LogP contribution in [-0.4, -0.2) is 22.2 Å². The Kier molecular flexibility index (Phi) is 4.11. The first kappa shape index (κ1) is 15.7. The highest BCUT2D eigenvalue weighted by Gasteiger charge is 2.33. The first-order valence-electron chi connectivity index (χ1n) is 6.52. The van der Waals surface area contributed by atoms with E-state index >= 15 is 0 Å². The average molecular weight is 438 g/mol. The molecule has 2 heterocycles. The van der Waals surface area contributed by atoms with Gasteiger partial charge in [-0.1, -0.05) is 11.6 Å². The first-order chi connectivity index (χ1) is 10.4. The number of hydrogen-bond acceptors (Lipinski definition) is 2. The molecule has 8 heteroatoms. The maximum Gasteiger partial charge on any atom is 0.277 e. The minimum atomic E-state index is -2.64. The van der Waals surface area contributed by atoms with Gasteiger partial charge in [-0.3, -0.25) is 9.48 Å². The molecule has 0 radical (unpaired) electrons. The van der Waals surface area contributed by atoms with Gasteiger partial charge in [0.15, 0.2) is 0 Å². The van der Waals surface area contributed by atoms with Crippen molar-refractivity contribution in [2.45, 2.75) is 19.4 Å². The summed E-state index contributed by atoms with van der Waals surface area (Å²) < 4.78 is 28.0. The molecule has 0 N–H and O–H groups in total. The van der Waals surface area contributed by atoms with Crippen LogP contribution in [0.4, 0.5) is 14.5 Å². The van der Waals surface area contributed by atoms with Gasteiger partial charge in [0.1, 0.15) is 5.69 Å². The summed E-state index contributed by atoms with van der Waals surface area (Å²) in [5.74, 6) is -0.208. The Morgan fingerprint density at radius 1 is 1.45 bits per heavy atom. The Morgan fingerprint density at radius 2 is 2.18 bits per heavy atom. The van der Waals surface area contributed by atoms with Crippen molar-refractivity contribution in [3.8, 4) is 0 Å². The van der Waals surface area contributed by atoms with E-state index in [0.29, 0.717) is 17.9 Å². The van der Waals surface area contributed by atoms with Crippen molar-refractivity contribution in [1.29, 1.82) is 0 Å². The number of carbonyl (C=O) groups is 1. The Labute approximate surface area is 144 Å². The van der Waals surface area contributed by atoms with Gasteiger partial charge in [-0.25, -0.2) is 8.78 Å². The van der Waals surface area contributed by atoms with Crippen LogP contribution in [0.2, 0.25) is 5.02 Å². The number of nitrogens with zero attached hydrogens (tertiary/aromatic N) is 3. The van der Waals surface area contributed by atoms with Crippen LogP contribution >= 0.6 is 34.2 Å². The molecule has 1 atom stereocenters. The molecule has 0 fully saturated rings. The SMILES string of the molecule is C[C@H]1CN(c2ccc(C(F)F)c(Cl)c2)C(=O)c2c(I)cnn21. The molecule has 0 bridgehead atoms. The number of benzene rings is 1. The molecule has 0 unspecified atom stereocenters. The number of carbonyl (C=O) groups excluding carboxylic acids is 1. The molecule has 4 nitrogen and oxygen atoms in total. The standard InChI is InChI=1S/C14H11ClF2IN3O/c1-7-6-20(14(22)12-11(18)5-19-21(7)12)8-2-3-9(13(16)17)10(15)4-8/h2-5,7,13H,6H2,1H3/t7-/m0/s1. The number of fused-ring (bicyclic) bond motifs is 1. The third kappa shape index (κ3) is 2.50. The zero-order valence-electron chi connectivity index (χ0n) is 11.4. The van der Waals surface area contributed by atoms with Gasteiger partial charge in [0.05, 0.1) is 20.8 Å². The fraction of sp³-hybridized carbons (Fsp3) is 0.286. The summed E-state index contributed by atoms with van der Waals surface area (Å²) in [5.41, 5.74) is 0.783. The van der Waals surface area contributed by atoms with Gasteiger partial charge in [-0.05, 0) is 47.7 Å². The van der Waals surface area contributed by atoms with Crippen LogP contribution < -0.4 is 4.90 Å².